The highest BCUT2D eigenvalue weighted by atomic mass is 19.3. The van der Waals surface area contributed by atoms with Crippen LogP contribution in [0.5, 0.6) is 0 Å². The fourth-order valence-electron chi connectivity index (χ4n) is 1.12. The molecule has 0 atom stereocenters. The molecule has 18 heavy (non-hydrogen) atoms. The van der Waals surface area contributed by atoms with E-state index in [9.17, 15) is 17.6 Å². The van der Waals surface area contributed by atoms with Crippen LogP contribution >= 0.6 is 0 Å². The van der Waals surface area contributed by atoms with E-state index in [1.807, 2.05) is 0 Å². The third-order valence-electron chi connectivity index (χ3n) is 2.32. The van der Waals surface area contributed by atoms with Crippen LogP contribution in [0.15, 0.2) is 0 Å². The molecule has 0 radical (unpaired) electrons. The SMILES string of the molecule is Cc1nc(COCC(F)(F)C(F)F)nc(N)c1C. The maximum Gasteiger partial charge on any atom is 0.330 e. The highest BCUT2D eigenvalue weighted by molar-refractivity contribution is 5.40. The smallest absolute Gasteiger partial charge is 0.330 e. The van der Waals surface area contributed by atoms with Crippen molar-refractivity contribution in [1.29, 1.82) is 0 Å². The summed E-state index contributed by atoms with van der Waals surface area (Å²) in [4.78, 5) is 7.76. The predicted molar refractivity (Wildman–Crippen MR) is 56.5 cm³/mol. The van der Waals surface area contributed by atoms with E-state index >= 15 is 0 Å². The van der Waals surface area contributed by atoms with Crippen molar-refractivity contribution in [2.75, 3.05) is 12.3 Å². The average molecular weight is 267 g/mol. The van der Waals surface area contributed by atoms with E-state index in [0.717, 1.165) is 0 Å². The minimum Gasteiger partial charge on any atom is -0.383 e. The van der Waals surface area contributed by atoms with Gasteiger partial charge >= 0.3 is 12.3 Å². The predicted octanol–water partition coefficient (Wildman–Crippen LogP) is 2.09. The molecule has 2 N–H and O–H groups in total. The number of hydrogen-bond acceptors (Lipinski definition) is 4. The van der Waals surface area contributed by atoms with Crippen molar-refractivity contribution < 1.29 is 22.3 Å². The van der Waals surface area contributed by atoms with Gasteiger partial charge in [-0.25, -0.2) is 18.7 Å². The van der Waals surface area contributed by atoms with Gasteiger partial charge in [0.15, 0.2) is 5.82 Å². The molecule has 8 heteroatoms. The fraction of sp³-hybridized carbons (Fsp3) is 0.600. The number of ether oxygens (including phenoxy) is 1. The van der Waals surface area contributed by atoms with Gasteiger partial charge in [0.25, 0.3) is 0 Å². The molecular weight excluding hydrogens is 254 g/mol. The molecule has 1 heterocycles. The molecule has 0 aliphatic carbocycles. The van der Waals surface area contributed by atoms with Gasteiger partial charge in [0, 0.05) is 11.3 Å². The Morgan fingerprint density at radius 3 is 2.39 bits per heavy atom. The molecule has 102 valence electrons. The first kappa shape index (κ1) is 14.6. The quantitative estimate of drug-likeness (QED) is 0.830. The third kappa shape index (κ3) is 3.52. The van der Waals surface area contributed by atoms with E-state index in [2.05, 4.69) is 14.7 Å². The van der Waals surface area contributed by atoms with Crippen molar-refractivity contribution in [1.82, 2.24) is 9.97 Å². The summed E-state index contributed by atoms with van der Waals surface area (Å²) in [5.41, 5.74) is 6.81. The Bertz CT molecular complexity index is 403. The lowest BCUT2D eigenvalue weighted by Crippen LogP contribution is -2.32. The third-order valence-corrected chi connectivity index (χ3v) is 2.32. The fourth-order valence-corrected chi connectivity index (χ4v) is 1.12. The topological polar surface area (TPSA) is 61.0 Å². The summed E-state index contributed by atoms with van der Waals surface area (Å²) < 4.78 is 53.2. The highest BCUT2D eigenvalue weighted by Crippen LogP contribution is 2.23. The van der Waals surface area contributed by atoms with Gasteiger partial charge in [-0.3, -0.25) is 0 Å². The standard InChI is InChI=1S/C10H13F4N3O/c1-5-6(2)16-7(17-8(5)15)3-18-4-10(13,14)9(11)12/h9H,3-4H2,1-2H3,(H2,15,16,17). The van der Waals surface area contributed by atoms with Crippen LogP contribution in [0.2, 0.25) is 0 Å². The van der Waals surface area contributed by atoms with Crippen LogP contribution in [0.4, 0.5) is 23.4 Å². The molecule has 1 aromatic heterocycles. The lowest BCUT2D eigenvalue weighted by Gasteiger charge is -2.15. The Balaban J connectivity index is 2.60. The summed E-state index contributed by atoms with van der Waals surface area (Å²) >= 11 is 0. The molecule has 0 fully saturated rings. The Morgan fingerprint density at radius 2 is 1.89 bits per heavy atom. The van der Waals surface area contributed by atoms with E-state index < -0.39 is 25.6 Å². The van der Waals surface area contributed by atoms with Crippen LogP contribution in [0.3, 0.4) is 0 Å². The zero-order chi connectivity index (χ0) is 13.9. The molecule has 0 amide bonds. The van der Waals surface area contributed by atoms with Gasteiger partial charge in [-0.1, -0.05) is 0 Å². The summed E-state index contributed by atoms with van der Waals surface area (Å²) in [7, 11) is 0. The number of aryl methyl sites for hydroxylation is 1. The zero-order valence-electron chi connectivity index (χ0n) is 9.88. The molecule has 1 rings (SSSR count). The Kier molecular flexibility index (Phi) is 4.44. The normalized spacial score (nSPS) is 12.2. The number of aromatic nitrogens is 2. The van der Waals surface area contributed by atoms with Gasteiger partial charge in [-0.2, -0.15) is 8.78 Å². The van der Waals surface area contributed by atoms with Crippen molar-refractivity contribution in [2.45, 2.75) is 32.8 Å². The van der Waals surface area contributed by atoms with Crippen LogP contribution in [-0.2, 0) is 11.3 Å². The number of alkyl halides is 4. The van der Waals surface area contributed by atoms with Crippen molar-refractivity contribution in [2.24, 2.45) is 0 Å². The van der Waals surface area contributed by atoms with Gasteiger partial charge < -0.3 is 10.5 Å². The number of rotatable bonds is 5. The first-order valence-corrected chi connectivity index (χ1v) is 5.07. The first-order valence-electron chi connectivity index (χ1n) is 5.07. The Labute approximate surface area is 101 Å². The molecule has 1 aromatic rings. The van der Waals surface area contributed by atoms with Gasteiger partial charge in [0.1, 0.15) is 19.0 Å². The maximum atomic E-state index is 12.5. The van der Waals surface area contributed by atoms with E-state index in [0.29, 0.717) is 11.3 Å². The number of hydrogen-bond donors (Lipinski definition) is 1. The molecule has 0 bridgehead atoms. The largest absolute Gasteiger partial charge is 0.383 e. The summed E-state index contributed by atoms with van der Waals surface area (Å²) in [5, 5.41) is 0. The minimum atomic E-state index is -4.18. The van der Waals surface area contributed by atoms with Gasteiger partial charge in [0.05, 0.1) is 0 Å². The number of halogens is 4. The lowest BCUT2D eigenvalue weighted by molar-refractivity contribution is -0.168. The summed E-state index contributed by atoms with van der Waals surface area (Å²) in [6.45, 7) is 1.60. The van der Waals surface area contributed by atoms with Crippen LogP contribution in [0.1, 0.15) is 17.1 Å². The van der Waals surface area contributed by atoms with E-state index in [4.69, 9.17) is 5.73 Å². The monoisotopic (exact) mass is 267 g/mol. The van der Waals surface area contributed by atoms with E-state index in [1.54, 1.807) is 13.8 Å². The molecule has 0 aromatic carbocycles. The second-order valence-electron chi connectivity index (χ2n) is 3.79. The Hall–Kier alpha value is -1.44. The molecule has 0 spiro atoms. The lowest BCUT2D eigenvalue weighted by atomic mass is 10.2. The molecular formula is C10H13F4N3O. The summed E-state index contributed by atoms with van der Waals surface area (Å²) in [6.07, 6.45) is -3.76. The van der Waals surface area contributed by atoms with E-state index in [-0.39, 0.29) is 11.6 Å². The van der Waals surface area contributed by atoms with Crippen LogP contribution in [-0.4, -0.2) is 28.9 Å². The molecule has 0 saturated heterocycles. The van der Waals surface area contributed by atoms with Crippen molar-refractivity contribution in [3.05, 3.63) is 17.1 Å². The van der Waals surface area contributed by atoms with Crippen molar-refractivity contribution in [3.63, 3.8) is 0 Å². The zero-order valence-corrected chi connectivity index (χ0v) is 9.88. The second kappa shape index (κ2) is 5.47. The van der Waals surface area contributed by atoms with Crippen molar-refractivity contribution in [3.8, 4) is 0 Å². The van der Waals surface area contributed by atoms with Crippen LogP contribution < -0.4 is 5.73 Å². The summed E-state index contributed by atoms with van der Waals surface area (Å²) in [6, 6.07) is 0. The van der Waals surface area contributed by atoms with Crippen LogP contribution in [0, 0.1) is 13.8 Å². The first-order chi connectivity index (χ1) is 8.24. The molecule has 0 aliphatic heterocycles. The number of nitrogens with two attached hydrogens (primary N) is 1. The second-order valence-corrected chi connectivity index (χ2v) is 3.79. The molecule has 0 saturated carbocycles. The Morgan fingerprint density at radius 1 is 1.28 bits per heavy atom. The van der Waals surface area contributed by atoms with E-state index in [1.165, 1.54) is 0 Å². The van der Waals surface area contributed by atoms with Gasteiger partial charge in [0.2, 0.25) is 0 Å². The number of anilines is 1. The van der Waals surface area contributed by atoms with Gasteiger partial charge in [-0.05, 0) is 13.8 Å². The molecule has 0 unspecified atom stereocenters. The average Bonchev–Trinajstić information content (AvgIpc) is 2.25. The highest BCUT2D eigenvalue weighted by Gasteiger charge is 2.41. The number of nitrogen functional groups attached to an aromatic ring is 1. The number of nitrogens with zero attached hydrogens (tertiary/aromatic N) is 2. The molecule has 0 aliphatic rings. The molecule has 4 nitrogen and oxygen atoms in total. The van der Waals surface area contributed by atoms with Crippen LogP contribution in [0.25, 0.3) is 0 Å². The van der Waals surface area contributed by atoms with Crippen molar-refractivity contribution >= 4 is 5.82 Å². The maximum absolute atomic E-state index is 12.5. The van der Waals surface area contributed by atoms with Gasteiger partial charge in [-0.15, -0.1) is 0 Å². The minimum absolute atomic E-state index is 0.0840. The summed E-state index contributed by atoms with van der Waals surface area (Å²) in [5.74, 6) is -3.88.